The van der Waals surface area contributed by atoms with Crippen molar-refractivity contribution in [1.29, 1.82) is 0 Å². The number of nitrogens with zero attached hydrogens (tertiary/aromatic N) is 1. The van der Waals surface area contributed by atoms with Crippen molar-refractivity contribution < 1.29 is 14.3 Å². The SMILES string of the molecule is CC(C)c1cccc(C(C)C)c1NC(=O)C(C)(C)C(=O)N1CCOCC1. The molecule has 144 valence electrons. The first-order valence-corrected chi connectivity index (χ1v) is 9.47. The van der Waals surface area contributed by atoms with Crippen LogP contribution in [0.25, 0.3) is 0 Å². The maximum atomic E-state index is 13.1. The highest BCUT2D eigenvalue weighted by Gasteiger charge is 2.40. The van der Waals surface area contributed by atoms with Crippen molar-refractivity contribution in [3.05, 3.63) is 29.3 Å². The molecule has 1 aliphatic heterocycles. The number of para-hydroxylation sites is 1. The number of morpholine rings is 1. The van der Waals surface area contributed by atoms with Gasteiger partial charge in [-0.1, -0.05) is 45.9 Å². The van der Waals surface area contributed by atoms with Crippen molar-refractivity contribution in [3.63, 3.8) is 0 Å². The van der Waals surface area contributed by atoms with E-state index in [9.17, 15) is 9.59 Å². The second-order valence-electron chi connectivity index (χ2n) is 8.10. The highest BCUT2D eigenvalue weighted by Crippen LogP contribution is 2.34. The predicted octanol–water partition coefficient (Wildman–Crippen LogP) is 3.76. The van der Waals surface area contributed by atoms with Gasteiger partial charge in [0.15, 0.2) is 0 Å². The molecule has 26 heavy (non-hydrogen) atoms. The first-order valence-electron chi connectivity index (χ1n) is 9.47. The average molecular weight is 360 g/mol. The Bertz CT molecular complexity index is 633. The number of ether oxygens (including phenoxy) is 1. The number of nitrogens with one attached hydrogen (secondary N) is 1. The maximum Gasteiger partial charge on any atom is 0.239 e. The highest BCUT2D eigenvalue weighted by atomic mass is 16.5. The van der Waals surface area contributed by atoms with Crippen molar-refractivity contribution in [2.45, 2.75) is 53.4 Å². The molecule has 1 heterocycles. The van der Waals surface area contributed by atoms with Gasteiger partial charge in [-0.25, -0.2) is 0 Å². The van der Waals surface area contributed by atoms with Crippen LogP contribution in [-0.4, -0.2) is 43.0 Å². The van der Waals surface area contributed by atoms with Crippen LogP contribution in [0.2, 0.25) is 0 Å². The minimum Gasteiger partial charge on any atom is -0.378 e. The van der Waals surface area contributed by atoms with Gasteiger partial charge in [0, 0.05) is 18.8 Å². The normalized spacial score (nSPS) is 15.5. The summed E-state index contributed by atoms with van der Waals surface area (Å²) in [6.07, 6.45) is 0. The topological polar surface area (TPSA) is 58.6 Å². The number of rotatable bonds is 5. The number of anilines is 1. The van der Waals surface area contributed by atoms with Gasteiger partial charge in [0.25, 0.3) is 0 Å². The zero-order valence-electron chi connectivity index (χ0n) is 16.9. The van der Waals surface area contributed by atoms with Crippen molar-refractivity contribution in [3.8, 4) is 0 Å². The van der Waals surface area contributed by atoms with Crippen LogP contribution >= 0.6 is 0 Å². The first kappa shape index (κ1) is 20.4. The van der Waals surface area contributed by atoms with Crippen molar-refractivity contribution in [2.75, 3.05) is 31.6 Å². The average Bonchev–Trinajstić information content (AvgIpc) is 2.61. The summed E-state index contributed by atoms with van der Waals surface area (Å²) in [6, 6.07) is 6.12. The van der Waals surface area contributed by atoms with Crippen LogP contribution in [0.15, 0.2) is 18.2 Å². The molecule has 5 nitrogen and oxygen atoms in total. The van der Waals surface area contributed by atoms with Crippen LogP contribution in [0.4, 0.5) is 5.69 Å². The molecule has 0 unspecified atom stereocenters. The number of amides is 2. The summed E-state index contributed by atoms with van der Waals surface area (Å²) >= 11 is 0. The number of carbonyl (C=O) groups excluding carboxylic acids is 2. The fourth-order valence-electron chi connectivity index (χ4n) is 3.22. The lowest BCUT2D eigenvalue weighted by Crippen LogP contribution is -2.51. The van der Waals surface area contributed by atoms with Gasteiger partial charge in [0.1, 0.15) is 5.41 Å². The van der Waals surface area contributed by atoms with Crippen molar-refractivity contribution >= 4 is 17.5 Å². The van der Waals surface area contributed by atoms with Gasteiger partial charge in [-0.3, -0.25) is 9.59 Å². The number of benzene rings is 1. The van der Waals surface area contributed by atoms with Crippen LogP contribution in [0, 0.1) is 5.41 Å². The third-order valence-corrected chi connectivity index (χ3v) is 5.01. The monoisotopic (exact) mass is 360 g/mol. The molecule has 5 heteroatoms. The van der Waals surface area contributed by atoms with E-state index in [0.29, 0.717) is 26.3 Å². The van der Waals surface area contributed by atoms with Crippen molar-refractivity contribution in [2.24, 2.45) is 5.41 Å². The molecule has 1 aromatic rings. The molecule has 0 bridgehead atoms. The van der Waals surface area contributed by atoms with E-state index in [1.165, 1.54) is 0 Å². The smallest absolute Gasteiger partial charge is 0.239 e. The largest absolute Gasteiger partial charge is 0.378 e. The van der Waals surface area contributed by atoms with E-state index >= 15 is 0 Å². The van der Waals surface area contributed by atoms with Gasteiger partial charge in [0.2, 0.25) is 11.8 Å². The molecule has 0 radical (unpaired) electrons. The maximum absolute atomic E-state index is 13.1. The van der Waals surface area contributed by atoms with Crippen molar-refractivity contribution in [1.82, 2.24) is 4.90 Å². The second-order valence-corrected chi connectivity index (χ2v) is 8.10. The zero-order valence-corrected chi connectivity index (χ0v) is 16.9. The molecule has 0 aromatic heterocycles. The molecule has 1 aromatic carbocycles. The number of hydrogen-bond donors (Lipinski definition) is 1. The second kappa shape index (κ2) is 8.21. The predicted molar refractivity (Wildman–Crippen MR) is 104 cm³/mol. The van der Waals surface area contributed by atoms with E-state index in [2.05, 4.69) is 33.0 Å². The van der Waals surface area contributed by atoms with Gasteiger partial charge >= 0.3 is 0 Å². The summed E-state index contributed by atoms with van der Waals surface area (Å²) in [5.41, 5.74) is 1.92. The summed E-state index contributed by atoms with van der Waals surface area (Å²) in [5, 5.41) is 3.08. The van der Waals surface area contributed by atoms with Gasteiger partial charge in [-0.2, -0.15) is 0 Å². The molecule has 1 saturated heterocycles. The molecule has 1 fully saturated rings. The molecule has 0 atom stereocenters. The zero-order chi connectivity index (χ0) is 19.5. The molecule has 1 N–H and O–H groups in total. The first-order chi connectivity index (χ1) is 12.2. The minimum absolute atomic E-state index is 0.147. The van der Waals surface area contributed by atoms with Crippen LogP contribution in [0.5, 0.6) is 0 Å². The summed E-state index contributed by atoms with van der Waals surface area (Å²) in [6.45, 7) is 14.0. The molecule has 0 saturated carbocycles. The Hall–Kier alpha value is -1.88. The molecule has 1 aliphatic rings. The lowest BCUT2D eigenvalue weighted by atomic mass is 9.88. The number of carbonyl (C=O) groups is 2. The van der Waals surface area contributed by atoms with Gasteiger partial charge in [-0.15, -0.1) is 0 Å². The quantitative estimate of drug-likeness (QED) is 0.814. The molecule has 0 aliphatic carbocycles. The van der Waals surface area contributed by atoms with E-state index in [1.54, 1.807) is 18.7 Å². The molecule has 2 rings (SSSR count). The Balaban J connectivity index is 2.29. The Morgan fingerprint density at radius 1 is 1.04 bits per heavy atom. The summed E-state index contributed by atoms with van der Waals surface area (Å²) in [5.74, 6) is 0.152. The van der Waals surface area contributed by atoms with Crippen LogP contribution < -0.4 is 5.32 Å². The molecule has 2 amide bonds. The van der Waals surface area contributed by atoms with E-state index in [1.807, 2.05) is 18.2 Å². The molecular weight excluding hydrogens is 328 g/mol. The standard InChI is InChI=1S/C21H32N2O3/c1-14(2)16-8-7-9-17(15(3)4)18(16)22-19(24)21(5,6)20(25)23-10-12-26-13-11-23/h7-9,14-15H,10-13H2,1-6H3,(H,22,24). The van der Waals surface area contributed by atoms with E-state index in [4.69, 9.17) is 4.74 Å². The molecule has 0 spiro atoms. The number of hydrogen-bond acceptors (Lipinski definition) is 3. The lowest BCUT2D eigenvalue weighted by Gasteiger charge is -2.34. The Morgan fingerprint density at radius 2 is 1.54 bits per heavy atom. The summed E-state index contributed by atoms with van der Waals surface area (Å²) in [4.78, 5) is 27.7. The Kier molecular flexibility index (Phi) is 6.45. The van der Waals surface area contributed by atoms with E-state index < -0.39 is 5.41 Å². The highest BCUT2D eigenvalue weighted by molar-refractivity contribution is 6.10. The van der Waals surface area contributed by atoms with Crippen LogP contribution in [0.1, 0.15) is 64.5 Å². The lowest BCUT2D eigenvalue weighted by molar-refractivity contribution is -0.149. The van der Waals surface area contributed by atoms with Gasteiger partial charge < -0.3 is 15.0 Å². The third-order valence-electron chi connectivity index (χ3n) is 5.01. The minimum atomic E-state index is -1.13. The van der Waals surface area contributed by atoms with E-state index in [-0.39, 0.29) is 23.7 Å². The van der Waals surface area contributed by atoms with Crippen LogP contribution in [-0.2, 0) is 14.3 Å². The van der Waals surface area contributed by atoms with Crippen LogP contribution in [0.3, 0.4) is 0 Å². The fraction of sp³-hybridized carbons (Fsp3) is 0.619. The van der Waals surface area contributed by atoms with Gasteiger partial charge in [0.05, 0.1) is 13.2 Å². The Morgan fingerprint density at radius 3 is 2.00 bits per heavy atom. The Labute approximate surface area is 157 Å². The summed E-state index contributed by atoms with van der Waals surface area (Å²) in [7, 11) is 0. The van der Waals surface area contributed by atoms with Gasteiger partial charge in [-0.05, 0) is 36.8 Å². The third kappa shape index (κ3) is 4.26. The summed E-state index contributed by atoms with van der Waals surface area (Å²) < 4.78 is 5.31. The fourth-order valence-corrected chi connectivity index (χ4v) is 3.22. The van der Waals surface area contributed by atoms with E-state index in [0.717, 1.165) is 16.8 Å². The molecular formula is C21H32N2O3.